The molecule has 1 heterocycles. The van der Waals surface area contributed by atoms with Gasteiger partial charge in [-0.15, -0.1) is 0 Å². The molecular formula is C16H29N3O. The lowest BCUT2D eigenvalue weighted by atomic mass is 9.78. The van der Waals surface area contributed by atoms with Gasteiger partial charge in [0.1, 0.15) is 5.82 Å². The van der Waals surface area contributed by atoms with Crippen LogP contribution in [0.2, 0.25) is 0 Å². The van der Waals surface area contributed by atoms with Crippen LogP contribution in [0.25, 0.3) is 0 Å². The van der Waals surface area contributed by atoms with Crippen LogP contribution in [-0.4, -0.2) is 27.8 Å². The fourth-order valence-corrected chi connectivity index (χ4v) is 3.42. The number of hydrogen-bond donors (Lipinski definition) is 1. The van der Waals surface area contributed by atoms with Gasteiger partial charge in [-0.2, -0.15) is 0 Å². The van der Waals surface area contributed by atoms with Crippen LogP contribution in [0.15, 0.2) is 12.4 Å². The molecule has 1 aliphatic carbocycles. The summed E-state index contributed by atoms with van der Waals surface area (Å²) in [7, 11) is 0. The van der Waals surface area contributed by atoms with Crippen molar-refractivity contribution in [2.24, 2.45) is 5.73 Å². The molecular weight excluding hydrogens is 250 g/mol. The van der Waals surface area contributed by atoms with Crippen molar-refractivity contribution in [3.8, 4) is 0 Å². The van der Waals surface area contributed by atoms with Crippen molar-refractivity contribution in [3.63, 3.8) is 0 Å². The molecule has 20 heavy (non-hydrogen) atoms. The zero-order valence-corrected chi connectivity index (χ0v) is 13.0. The van der Waals surface area contributed by atoms with Gasteiger partial charge in [-0.05, 0) is 26.2 Å². The first-order valence-electron chi connectivity index (χ1n) is 8.11. The lowest BCUT2D eigenvalue weighted by Gasteiger charge is -2.41. The van der Waals surface area contributed by atoms with E-state index in [1.54, 1.807) is 0 Å². The van der Waals surface area contributed by atoms with E-state index in [-0.39, 0.29) is 11.6 Å². The molecule has 0 spiro atoms. The molecule has 1 saturated carbocycles. The summed E-state index contributed by atoms with van der Waals surface area (Å²) in [5.41, 5.74) is 6.42. The van der Waals surface area contributed by atoms with Gasteiger partial charge in [-0.25, -0.2) is 4.98 Å². The van der Waals surface area contributed by atoms with Gasteiger partial charge in [0.2, 0.25) is 0 Å². The summed E-state index contributed by atoms with van der Waals surface area (Å²) >= 11 is 0. The number of aryl methyl sites for hydroxylation is 1. The number of ether oxygens (including phenoxy) is 1. The molecule has 0 bridgehead atoms. The second kappa shape index (κ2) is 7.23. The minimum absolute atomic E-state index is 0.0424. The Morgan fingerprint density at radius 3 is 2.75 bits per heavy atom. The highest BCUT2D eigenvalue weighted by Crippen LogP contribution is 2.34. The Balaban J connectivity index is 2.07. The highest BCUT2D eigenvalue weighted by atomic mass is 16.5. The van der Waals surface area contributed by atoms with Gasteiger partial charge in [0.25, 0.3) is 0 Å². The van der Waals surface area contributed by atoms with Gasteiger partial charge in [0.05, 0.1) is 5.60 Å². The lowest BCUT2D eigenvalue weighted by Crippen LogP contribution is -2.52. The predicted octanol–water partition coefficient (Wildman–Crippen LogP) is 2.90. The van der Waals surface area contributed by atoms with Crippen molar-refractivity contribution in [3.05, 3.63) is 18.2 Å². The lowest BCUT2D eigenvalue weighted by molar-refractivity contribution is -0.0821. The fraction of sp³-hybridized carbons (Fsp3) is 0.812. The molecule has 1 aliphatic rings. The minimum atomic E-state index is -0.129. The van der Waals surface area contributed by atoms with Gasteiger partial charge in [0, 0.05) is 38.0 Å². The van der Waals surface area contributed by atoms with Crippen LogP contribution in [0.1, 0.15) is 58.2 Å². The molecule has 1 fully saturated rings. The SMILES string of the molecule is CCCn1ccnc1CC(N)C1(OCC)CCCCC1. The summed E-state index contributed by atoms with van der Waals surface area (Å²) in [4.78, 5) is 4.49. The Morgan fingerprint density at radius 2 is 2.10 bits per heavy atom. The number of nitrogens with two attached hydrogens (primary N) is 1. The van der Waals surface area contributed by atoms with Gasteiger partial charge in [0.15, 0.2) is 0 Å². The summed E-state index contributed by atoms with van der Waals surface area (Å²) in [6.07, 6.45) is 11.8. The van der Waals surface area contributed by atoms with E-state index < -0.39 is 0 Å². The van der Waals surface area contributed by atoms with E-state index >= 15 is 0 Å². The summed E-state index contributed by atoms with van der Waals surface area (Å²) in [6, 6.07) is 0.0424. The molecule has 2 N–H and O–H groups in total. The molecule has 0 saturated heterocycles. The van der Waals surface area contributed by atoms with Crippen LogP contribution < -0.4 is 5.73 Å². The molecule has 0 radical (unpaired) electrons. The summed E-state index contributed by atoms with van der Waals surface area (Å²) in [5.74, 6) is 1.10. The number of rotatable bonds is 7. The maximum atomic E-state index is 6.55. The third kappa shape index (κ3) is 3.41. The van der Waals surface area contributed by atoms with E-state index in [4.69, 9.17) is 10.5 Å². The maximum absolute atomic E-state index is 6.55. The monoisotopic (exact) mass is 279 g/mol. The Kier molecular flexibility index (Phi) is 5.61. The summed E-state index contributed by atoms with van der Waals surface area (Å²) in [6.45, 7) is 6.02. The van der Waals surface area contributed by atoms with Crippen LogP contribution in [0, 0.1) is 0 Å². The largest absolute Gasteiger partial charge is 0.374 e. The van der Waals surface area contributed by atoms with Crippen LogP contribution in [0.3, 0.4) is 0 Å². The van der Waals surface area contributed by atoms with E-state index in [0.717, 1.165) is 44.7 Å². The van der Waals surface area contributed by atoms with Gasteiger partial charge in [-0.1, -0.05) is 26.2 Å². The Hall–Kier alpha value is -0.870. The highest BCUT2D eigenvalue weighted by Gasteiger charge is 2.39. The number of aromatic nitrogens is 2. The van der Waals surface area contributed by atoms with E-state index in [1.807, 2.05) is 6.20 Å². The number of hydrogen-bond acceptors (Lipinski definition) is 3. The Bertz CT molecular complexity index is 391. The third-order valence-electron chi connectivity index (χ3n) is 4.48. The molecule has 0 aromatic carbocycles. The minimum Gasteiger partial charge on any atom is -0.374 e. The molecule has 4 heteroatoms. The summed E-state index contributed by atoms with van der Waals surface area (Å²) < 4.78 is 8.34. The molecule has 4 nitrogen and oxygen atoms in total. The molecule has 0 aliphatic heterocycles. The van der Waals surface area contributed by atoms with Crippen molar-refractivity contribution in [1.82, 2.24) is 9.55 Å². The topological polar surface area (TPSA) is 53.1 Å². The zero-order chi connectivity index (χ0) is 14.4. The number of nitrogens with zero attached hydrogens (tertiary/aromatic N) is 2. The molecule has 0 amide bonds. The molecule has 1 aromatic heterocycles. The van der Waals surface area contributed by atoms with Crippen LogP contribution >= 0.6 is 0 Å². The van der Waals surface area contributed by atoms with Crippen molar-refractivity contribution in [2.75, 3.05) is 6.61 Å². The van der Waals surface area contributed by atoms with E-state index in [9.17, 15) is 0 Å². The normalized spacial score (nSPS) is 19.9. The van der Waals surface area contributed by atoms with Gasteiger partial charge >= 0.3 is 0 Å². The first-order chi connectivity index (χ1) is 9.72. The average molecular weight is 279 g/mol. The first-order valence-corrected chi connectivity index (χ1v) is 8.11. The average Bonchev–Trinajstić information content (AvgIpc) is 2.88. The van der Waals surface area contributed by atoms with Crippen LogP contribution in [0.5, 0.6) is 0 Å². The maximum Gasteiger partial charge on any atom is 0.110 e. The van der Waals surface area contributed by atoms with Crippen LogP contribution in [0.4, 0.5) is 0 Å². The predicted molar refractivity (Wildman–Crippen MR) is 81.6 cm³/mol. The van der Waals surface area contributed by atoms with Crippen molar-refractivity contribution in [2.45, 2.75) is 77.0 Å². The zero-order valence-electron chi connectivity index (χ0n) is 13.0. The quantitative estimate of drug-likeness (QED) is 0.835. The van der Waals surface area contributed by atoms with Gasteiger partial charge in [-0.3, -0.25) is 0 Å². The smallest absolute Gasteiger partial charge is 0.110 e. The second-order valence-corrected chi connectivity index (χ2v) is 5.91. The molecule has 1 aromatic rings. The summed E-state index contributed by atoms with van der Waals surface area (Å²) in [5, 5.41) is 0. The van der Waals surface area contributed by atoms with E-state index in [2.05, 4.69) is 29.6 Å². The molecule has 1 atom stereocenters. The van der Waals surface area contributed by atoms with E-state index in [0.29, 0.717) is 0 Å². The Labute approximate surface area is 122 Å². The van der Waals surface area contributed by atoms with Crippen molar-refractivity contribution >= 4 is 0 Å². The second-order valence-electron chi connectivity index (χ2n) is 5.91. The highest BCUT2D eigenvalue weighted by molar-refractivity contribution is 5.02. The van der Waals surface area contributed by atoms with Crippen molar-refractivity contribution in [1.29, 1.82) is 0 Å². The number of imidazole rings is 1. The van der Waals surface area contributed by atoms with Gasteiger partial charge < -0.3 is 15.0 Å². The molecule has 114 valence electrons. The third-order valence-corrected chi connectivity index (χ3v) is 4.48. The molecule has 1 unspecified atom stereocenters. The van der Waals surface area contributed by atoms with Crippen molar-refractivity contribution < 1.29 is 4.74 Å². The standard InChI is InChI=1S/C16H29N3O/c1-3-11-19-12-10-18-15(19)13-14(17)16(20-4-2)8-6-5-7-9-16/h10,12,14H,3-9,11,13,17H2,1-2H3. The van der Waals surface area contributed by atoms with E-state index in [1.165, 1.54) is 19.3 Å². The fourth-order valence-electron chi connectivity index (χ4n) is 3.42. The first kappa shape index (κ1) is 15.5. The molecule has 2 rings (SSSR count). The Morgan fingerprint density at radius 1 is 1.35 bits per heavy atom. The van der Waals surface area contributed by atoms with Crippen LogP contribution in [-0.2, 0) is 17.7 Å².